The van der Waals surface area contributed by atoms with E-state index in [1.165, 1.54) is 12.0 Å². The monoisotopic (exact) mass is 412 g/mol. The molecule has 2 fully saturated rings. The first-order chi connectivity index (χ1) is 13.6. The van der Waals surface area contributed by atoms with Crippen molar-refractivity contribution in [1.82, 2.24) is 15.1 Å². The molecule has 5 rings (SSSR count). The van der Waals surface area contributed by atoms with Crippen LogP contribution in [0.2, 0.25) is 0 Å². The van der Waals surface area contributed by atoms with Gasteiger partial charge in [0.2, 0.25) is 0 Å². The Morgan fingerprint density at radius 2 is 2.07 bits per heavy atom. The van der Waals surface area contributed by atoms with E-state index in [9.17, 15) is 4.79 Å². The number of aromatic nitrogens is 2. The number of benzene rings is 2. The van der Waals surface area contributed by atoms with Crippen LogP contribution in [0, 0.1) is 5.41 Å². The Bertz CT molecular complexity index is 1060. The topological polar surface area (TPSA) is 82.2 Å². The van der Waals surface area contributed by atoms with Gasteiger partial charge >= 0.3 is 0 Å². The summed E-state index contributed by atoms with van der Waals surface area (Å²) >= 11 is 0. The number of carbonyl (C=O) groups is 1. The lowest BCUT2D eigenvalue weighted by atomic mass is 9.81. The molecule has 0 radical (unpaired) electrons. The second-order valence-corrected chi connectivity index (χ2v) is 8.13. The number of carbonyl (C=O) groups excluding carboxylic acids is 1. The standard InChI is InChI=1S/C22H24N4O2.ClH/c1-28-14-21-12-22(21,9-10-24-13-21)16-5-7-17(8-6-16)26-11-15-3-2-4-18(20(23)27)19(15)25-26;/h2-8,11,24H,9-10,12-14H2,1H3,(H2,23,27);1H. The SMILES string of the molecule is COCC12CNCCC1(c1ccc(-n3cc4cccc(C(N)=O)c4n3)cc1)C2.Cl. The maximum absolute atomic E-state index is 11.7. The fraction of sp³-hybridized carbons (Fsp3) is 0.364. The minimum absolute atomic E-state index is 0. The van der Waals surface area contributed by atoms with Crippen LogP contribution in [0.3, 0.4) is 0 Å². The molecule has 0 bridgehead atoms. The third-order valence-corrected chi connectivity index (χ3v) is 6.63. The van der Waals surface area contributed by atoms with Gasteiger partial charge in [-0.05, 0) is 43.1 Å². The molecule has 1 aromatic heterocycles. The van der Waals surface area contributed by atoms with Crippen molar-refractivity contribution >= 4 is 29.2 Å². The van der Waals surface area contributed by atoms with Gasteiger partial charge in [-0.25, -0.2) is 4.68 Å². The van der Waals surface area contributed by atoms with E-state index >= 15 is 0 Å². The second kappa shape index (κ2) is 7.13. The summed E-state index contributed by atoms with van der Waals surface area (Å²) in [7, 11) is 1.79. The Hall–Kier alpha value is -2.41. The number of rotatable bonds is 5. The first kappa shape index (κ1) is 19.9. The number of amides is 1. The third-order valence-electron chi connectivity index (χ3n) is 6.63. The fourth-order valence-electron chi connectivity index (χ4n) is 5.13. The number of halogens is 1. The maximum Gasteiger partial charge on any atom is 0.250 e. The summed E-state index contributed by atoms with van der Waals surface area (Å²) in [6.07, 6.45) is 4.25. The molecule has 1 aliphatic heterocycles. The average molecular weight is 413 g/mol. The lowest BCUT2D eigenvalue weighted by Crippen LogP contribution is -2.40. The molecule has 29 heavy (non-hydrogen) atoms. The van der Waals surface area contributed by atoms with Crippen LogP contribution in [-0.2, 0) is 10.2 Å². The van der Waals surface area contributed by atoms with Crippen LogP contribution in [0.1, 0.15) is 28.8 Å². The summed E-state index contributed by atoms with van der Waals surface area (Å²) in [6, 6.07) is 14.1. The number of methoxy groups -OCH3 is 1. The molecule has 1 amide bonds. The first-order valence-electron chi connectivity index (χ1n) is 9.67. The number of piperidine rings is 1. The fourth-order valence-corrected chi connectivity index (χ4v) is 5.13. The number of primary amides is 1. The van der Waals surface area contributed by atoms with Gasteiger partial charge in [0.1, 0.15) is 5.52 Å². The lowest BCUT2D eigenvalue weighted by Gasteiger charge is -2.31. The van der Waals surface area contributed by atoms with Crippen LogP contribution >= 0.6 is 12.4 Å². The van der Waals surface area contributed by atoms with Crippen LogP contribution in [0.5, 0.6) is 0 Å². The van der Waals surface area contributed by atoms with Crippen molar-refractivity contribution in [3.05, 3.63) is 59.8 Å². The number of nitrogens with zero attached hydrogens (tertiary/aromatic N) is 2. The van der Waals surface area contributed by atoms with E-state index in [1.54, 1.807) is 13.2 Å². The zero-order chi connectivity index (χ0) is 19.4. The quantitative estimate of drug-likeness (QED) is 0.675. The molecule has 2 aliphatic rings. The molecule has 2 heterocycles. The van der Waals surface area contributed by atoms with Gasteiger partial charge in [-0.1, -0.05) is 24.3 Å². The molecule has 2 atom stereocenters. The molecule has 152 valence electrons. The molecular formula is C22H25ClN4O2. The molecule has 0 spiro atoms. The lowest BCUT2D eigenvalue weighted by molar-refractivity contribution is 0.100. The number of nitrogens with one attached hydrogen (secondary N) is 1. The maximum atomic E-state index is 11.7. The molecule has 1 saturated heterocycles. The van der Waals surface area contributed by atoms with Gasteiger partial charge in [0.25, 0.3) is 5.91 Å². The van der Waals surface area contributed by atoms with E-state index in [1.807, 2.05) is 23.0 Å². The zero-order valence-corrected chi connectivity index (χ0v) is 17.2. The molecule has 1 aliphatic carbocycles. The van der Waals surface area contributed by atoms with Gasteiger partial charge in [-0.15, -0.1) is 12.4 Å². The highest BCUT2D eigenvalue weighted by molar-refractivity contribution is 6.04. The van der Waals surface area contributed by atoms with Gasteiger partial charge in [0.15, 0.2) is 0 Å². The highest BCUT2D eigenvalue weighted by Crippen LogP contribution is 2.67. The molecule has 6 nitrogen and oxygen atoms in total. The van der Waals surface area contributed by atoms with Crippen molar-refractivity contribution in [2.45, 2.75) is 18.3 Å². The van der Waals surface area contributed by atoms with E-state index < -0.39 is 5.91 Å². The largest absolute Gasteiger partial charge is 0.384 e. The van der Waals surface area contributed by atoms with Gasteiger partial charge in [0.05, 0.1) is 17.9 Å². The van der Waals surface area contributed by atoms with Crippen molar-refractivity contribution in [2.75, 3.05) is 26.8 Å². The Balaban J connectivity index is 0.00000205. The van der Waals surface area contributed by atoms with Crippen molar-refractivity contribution in [3.63, 3.8) is 0 Å². The van der Waals surface area contributed by atoms with Gasteiger partial charge < -0.3 is 15.8 Å². The Labute approximate surface area is 175 Å². The van der Waals surface area contributed by atoms with Crippen molar-refractivity contribution in [1.29, 1.82) is 0 Å². The number of hydrogen-bond donors (Lipinski definition) is 2. The van der Waals surface area contributed by atoms with Gasteiger partial charge in [-0.2, -0.15) is 5.10 Å². The molecule has 2 unspecified atom stereocenters. The van der Waals surface area contributed by atoms with Crippen molar-refractivity contribution in [3.8, 4) is 5.69 Å². The van der Waals surface area contributed by atoms with Gasteiger partial charge in [-0.3, -0.25) is 4.79 Å². The predicted octanol–water partition coefficient (Wildman–Crippen LogP) is 2.81. The number of hydrogen-bond acceptors (Lipinski definition) is 4. The third kappa shape index (κ3) is 2.94. The summed E-state index contributed by atoms with van der Waals surface area (Å²) in [5.41, 5.74) is 9.36. The molecular weight excluding hydrogens is 388 g/mol. The number of fused-ring (bicyclic) bond motifs is 2. The van der Waals surface area contributed by atoms with Crippen LogP contribution < -0.4 is 11.1 Å². The minimum atomic E-state index is -0.459. The minimum Gasteiger partial charge on any atom is -0.384 e. The molecule has 7 heteroatoms. The Kier molecular flexibility index (Phi) is 4.89. The number of ether oxygens (including phenoxy) is 1. The van der Waals surface area contributed by atoms with E-state index in [4.69, 9.17) is 10.5 Å². The van der Waals surface area contributed by atoms with Crippen LogP contribution in [0.15, 0.2) is 48.7 Å². The molecule has 3 aromatic rings. The zero-order valence-electron chi connectivity index (χ0n) is 16.4. The van der Waals surface area contributed by atoms with Crippen molar-refractivity contribution < 1.29 is 9.53 Å². The molecule has 1 saturated carbocycles. The summed E-state index contributed by atoms with van der Waals surface area (Å²) in [6.45, 7) is 2.86. The van der Waals surface area contributed by atoms with Crippen LogP contribution in [0.25, 0.3) is 16.6 Å². The summed E-state index contributed by atoms with van der Waals surface area (Å²) in [4.78, 5) is 11.7. The smallest absolute Gasteiger partial charge is 0.250 e. The summed E-state index contributed by atoms with van der Waals surface area (Å²) in [5.74, 6) is -0.459. The van der Waals surface area contributed by atoms with E-state index in [0.29, 0.717) is 11.1 Å². The second-order valence-electron chi connectivity index (χ2n) is 8.13. The number of nitrogens with two attached hydrogens (primary N) is 1. The van der Waals surface area contributed by atoms with E-state index in [0.717, 1.165) is 37.2 Å². The highest BCUT2D eigenvalue weighted by atomic mass is 35.5. The van der Waals surface area contributed by atoms with E-state index in [-0.39, 0.29) is 23.2 Å². The average Bonchev–Trinajstić information content (AvgIpc) is 3.19. The van der Waals surface area contributed by atoms with Gasteiger partial charge in [0, 0.05) is 36.1 Å². The molecule has 2 aromatic carbocycles. The van der Waals surface area contributed by atoms with Crippen molar-refractivity contribution in [2.24, 2.45) is 11.1 Å². The Morgan fingerprint density at radius 1 is 1.28 bits per heavy atom. The van der Waals surface area contributed by atoms with Crippen LogP contribution in [-0.4, -0.2) is 42.5 Å². The predicted molar refractivity (Wildman–Crippen MR) is 115 cm³/mol. The van der Waals surface area contributed by atoms with Crippen LogP contribution in [0.4, 0.5) is 0 Å². The highest BCUT2D eigenvalue weighted by Gasteiger charge is 2.68. The summed E-state index contributed by atoms with van der Waals surface area (Å²) in [5, 5.41) is 9.04. The van der Waals surface area contributed by atoms with E-state index in [2.05, 4.69) is 34.7 Å². The normalized spacial score (nSPS) is 25.3. The first-order valence-corrected chi connectivity index (χ1v) is 9.67. The molecule has 3 N–H and O–H groups in total. The Morgan fingerprint density at radius 3 is 2.79 bits per heavy atom. The summed E-state index contributed by atoms with van der Waals surface area (Å²) < 4.78 is 7.35.